The Balaban J connectivity index is 2.31. The summed E-state index contributed by atoms with van der Waals surface area (Å²) in [5.74, 6) is -1.43. The Bertz CT molecular complexity index is 446. The number of halogens is 2. The van der Waals surface area contributed by atoms with E-state index in [4.69, 9.17) is 22.4 Å². The van der Waals surface area contributed by atoms with Crippen LogP contribution in [0.15, 0.2) is 18.2 Å². The molecule has 1 atom stereocenters. The molecule has 1 aromatic carbocycles. The summed E-state index contributed by atoms with van der Waals surface area (Å²) in [5, 5.41) is 9.04. The van der Waals surface area contributed by atoms with E-state index in [1.807, 2.05) is 0 Å². The van der Waals surface area contributed by atoms with Crippen molar-refractivity contribution in [2.75, 3.05) is 0 Å². The van der Waals surface area contributed by atoms with Crippen LogP contribution in [0.1, 0.15) is 24.4 Å². The summed E-state index contributed by atoms with van der Waals surface area (Å²) in [6, 6.07) is 3.44. The van der Waals surface area contributed by atoms with Crippen LogP contribution in [0.4, 0.5) is 4.39 Å². The van der Waals surface area contributed by atoms with Crippen LogP contribution in [-0.4, -0.2) is 11.1 Å². The molecule has 0 aromatic heterocycles. The predicted octanol–water partition coefficient (Wildman–Crippen LogP) is 2.34. The second kappa shape index (κ2) is 3.71. The maximum Gasteiger partial charge on any atom is 0.311 e. The molecule has 0 radical (unpaired) electrons. The molecule has 1 aliphatic carbocycles. The van der Waals surface area contributed by atoms with Crippen LogP contribution in [0.25, 0.3) is 0 Å². The van der Waals surface area contributed by atoms with Crippen molar-refractivity contribution in [3.05, 3.63) is 34.6 Å². The number of hydrogen-bond donors (Lipinski definition) is 2. The van der Waals surface area contributed by atoms with Gasteiger partial charge >= 0.3 is 5.97 Å². The lowest BCUT2D eigenvalue weighted by atomic mass is 9.91. The lowest BCUT2D eigenvalue weighted by molar-refractivity contribution is -0.144. The predicted molar refractivity (Wildman–Crippen MR) is 57.6 cm³/mol. The molecule has 0 amide bonds. The Labute approximate surface area is 97.0 Å². The largest absolute Gasteiger partial charge is 0.481 e. The van der Waals surface area contributed by atoms with Crippen LogP contribution in [-0.2, 0) is 4.79 Å². The molecule has 0 saturated heterocycles. The van der Waals surface area contributed by atoms with E-state index < -0.39 is 23.2 Å². The highest BCUT2D eigenvalue weighted by Gasteiger charge is 2.55. The normalized spacial score (nSPS) is 19.2. The smallest absolute Gasteiger partial charge is 0.311 e. The first kappa shape index (κ1) is 11.4. The minimum Gasteiger partial charge on any atom is -0.481 e. The molecule has 3 N–H and O–H groups in total. The van der Waals surface area contributed by atoms with Crippen LogP contribution in [0, 0.1) is 11.2 Å². The van der Waals surface area contributed by atoms with E-state index in [0.29, 0.717) is 18.4 Å². The summed E-state index contributed by atoms with van der Waals surface area (Å²) in [6.07, 6.45) is 1.11. The molecule has 0 spiro atoms. The lowest BCUT2D eigenvalue weighted by Gasteiger charge is -2.19. The maximum absolute atomic E-state index is 12.9. The van der Waals surface area contributed by atoms with E-state index in [1.165, 1.54) is 18.2 Å². The third-order valence-corrected chi connectivity index (χ3v) is 3.40. The standard InChI is InChI=1S/C11H11ClFNO2/c12-7-5-6(1-2-8(7)13)9(14)11(3-4-11)10(15)16/h1-2,5,9H,3-4,14H2,(H,15,16). The van der Waals surface area contributed by atoms with Crippen molar-refractivity contribution in [3.8, 4) is 0 Å². The zero-order valence-corrected chi connectivity index (χ0v) is 9.17. The number of benzene rings is 1. The summed E-state index contributed by atoms with van der Waals surface area (Å²) in [5.41, 5.74) is 5.57. The second-order valence-corrected chi connectivity index (χ2v) is 4.52. The van der Waals surface area contributed by atoms with Gasteiger partial charge in [0, 0.05) is 6.04 Å². The zero-order chi connectivity index (χ0) is 11.9. The maximum atomic E-state index is 12.9. The van der Waals surface area contributed by atoms with E-state index in [1.54, 1.807) is 0 Å². The molecule has 0 aliphatic heterocycles. The monoisotopic (exact) mass is 243 g/mol. The molecule has 1 unspecified atom stereocenters. The third kappa shape index (κ3) is 1.68. The molecule has 0 bridgehead atoms. The van der Waals surface area contributed by atoms with Crippen molar-refractivity contribution >= 4 is 17.6 Å². The van der Waals surface area contributed by atoms with Crippen molar-refractivity contribution in [2.24, 2.45) is 11.1 Å². The average Bonchev–Trinajstić information content (AvgIpc) is 3.02. The fourth-order valence-electron chi connectivity index (χ4n) is 1.82. The van der Waals surface area contributed by atoms with E-state index in [0.717, 1.165) is 0 Å². The van der Waals surface area contributed by atoms with Crippen LogP contribution >= 0.6 is 11.6 Å². The summed E-state index contributed by atoms with van der Waals surface area (Å²) in [7, 11) is 0. The highest BCUT2D eigenvalue weighted by Crippen LogP contribution is 2.54. The SMILES string of the molecule is NC(c1ccc(F)c(Cl)c1)C1(C(=O)O)CC1. The molecule has 1 aliphatic rings. The molecule has 1 saturated carbocycles. The van der Waals surface area contributed by atoms with Crippen LogP contribution < -0.4 is 5.73 Å². The number of hydrogen-bond acceptors (Lipinski definition) is 2. The van der Waals surface area contributed by atoms with Crippen molar-refractivity contribution in [2.45, 2.75) is 18.9 Å². The van der Waals surface area contributed by atoms with E-state index in [2.05, 4.69) is 0 Å². The number of carboxylic acids is 1. The van der Waals surface area contributed by atoms with Gasteiger partial charge in [-0.1, -0.05) is 17.7 Å². The van der Waals surface area contributed by atoms with Gasteiger partial charge in [0.2, 0.25) is 0 Å². The van der Waals surface area contributed by atoms with E-state index >= 15 is 0 Å². The first-order chi connectivity index (χ1) is 7.47. The number of carboxylic acid groups (broad SMARTS) is 1. The number of aliphatic carboxylic acids is 1. The minimum absolute atomic E-state index is 0.0332. The Hall–Kier alpha value is -1.13. The summed E-state index contributed by atoms with van der Waals surface area (Å²) in [6.45, 7) is 0. The Morgan fingerprint density at radius 3 is 2.62 bits per heavy atom. The quantitative estimate of drug-likeness (QED) is 0.857. The Morgan fingerprint density at radius 1 is 1.56 bits per heavy atom. The summed E-state index contributed by atoms with van der Waals surface area (Å²) >= 11 is 5.63. The van der Waals surface area contributed by atoms with E-state index in [9.17, 15) is 9.18 Å². The van der Waals surface area contributed by atoms with Gasteiger partial charge in [-0.2, -0.15) is 0 Å². The molecule has 86 valence electrons. The molecular weight excluding hydrogens is 233 g/mol. The van der Waals surface area contributed by atoms with Gasteiger partial charge in [0.25, 0.3) is 0 Å². The highest BCUT2D eigenvalue weighted by molar-refractivity contribution is 6.30. The second-order valence-electron chi connectivity index (χ2n) is 4.11. The van der Waals surface area contributed by atoms with Crippen molar-refractivity contribution in [3.63, 3.8) is 0 Å². The molecule has 2 rings (SSSR count). The Kier molecular flexibility index (Phi) is 2.64. The summed E-state index contributed by atoms with van der Waals surface area (Å²) in [4.78, 5) is 11.1. The first-order valence-electron chi connectivity index (χ1n) is 4.91. The molecule has 16 heavy (non-hydrogen) atoms. The fraction of sp³-hybridized carbons (Fsp3) is 0.364. The van der Waals surface area contributed by atoms with E-state index in [-0.39, 0.29) is 5.02 Å². The number of nitrogens with two attached hydrogens (primary N) is 1. The van der Waals surface area contributed by atoms with Gasteiger partial charge in [-0.05, 0) is 30.5 Å². The van der Waals surface area contributed by atoms with Crippen LogP contribution in [0.3, 0.4) is 0 Å². The molecule has 1 fully saturated rings. The van der Waals surface area contributed by atoms with Crippen LogP contribution in [0.2, 0.25) is 5.02 Å². The molecule has 0 heterocycles. The van der Waals surface area contributed by atoms with Gasteiger partial charge in [-0.15, -0.1) is 0 Å². The molecule has 1 aromatic rings. The molecule has 5 heteroatoms. The molecule has 3 nitrogen and oxygen atoms in total. The van der Waals surface area contributed by atoms with Gasteiger partial charge in [0.05, 0.1) is 10.4 Å². The Morgan fingerprint density at radius 2 is 2.19 bits per heavy atom. The highest BCUT2D eigenvalue weighted by atomic mass is 35.5. The number of rotatable bonds is 3. The molecular formula is C11H11ClFNO2. The van der Waals surface area contributed by atoms with Crippen molar-refractivity contribution < 1.29 is 14.3 Å². The topological polar surface area (TPSA) is 63.3 Å². The first-order valence-corrected chi connectivity index (χ1v) is 5.29. The third-order valence-electron chi connectivity index (χ3n) is 3.11. The van der Waals surface area contributed by atoms with Gasteiger partial charge < -0.3 is 10.8 Å². The fourth-order valence-corrected chi connectivity index (χ4v) is 2.01. The van der Waals surface area contributed by atoms with Gasteiger partial charge in [-0.25, -0.2) is 4.39 Å². The van der Waals surface area contributed by atoms with Crippen molar-refractivity contribution in [1.82, 2.24) is 0 Å². The van der Waals surface area contributed by atoms with Crippen LogP contribution in [0.5, 0.6) is 0 Å². The number of carbonyl (C=O) groups is 1. The average molecular weight is 244 g/mol. The van der Waals surface area contributed by atoms with Gasteiger partial charge in [0.1, 0.15) is 5.82 Å². The summed E-state index contributed by atoms with van der Waals surface area (Å²) < 4.78 is 12.9. The zero-order valence-electron chi connectivity index (χ0n) is 8.41. The lowest BCUT2D eigenvalue weighted by Crippen LogP contribution is -2.29. The van der Waals surface area contributed by atoms with Gasteiger partial charge in [0.15, 0.2) is 0 Å². The van der Waals surface area contributed by atoms with Crippen molar-refractivity contribution in [1.29, 1.82) is 0 Å². The minimum atomic E-state index is -0.902. The van der Waals surface area contributed by atoms with Gasteiger partial charge in [-0.3, -0.25) is 4.79 Å².